The average molecular weight is 432 g/mol. The minimum Gasteiger partial charge on any atom is -0.322 e. The molecule has 9 heteroatoms. The van der Waals surface area contributed by atoms with Crippen molar-refractivity contribution in [3.63, 3.8) is 0 Å². The molecule has 0 spiro atoms. The van der Waals surface area contributed by atoms with Gasteiger partial charge in [-0.25, -0.2) is 8.42 Å². The van der Waals surface area contributed by atoms with E-state index in [1.165, 1.54) is 29.0 Å². The standard InChI is InChI=1S/C20H18ClN3O4S/c1-13-3-6-17(22-20(26)14-9-10-24(2)19(25)11-14)12-18(13)29(27,28)23-16-7-4-15(21)5-8-16/h3-12,23H,1-2H3,(H,22,26). The maximum absolute atomic E-state index is 12.8. The van der Waals surface area contributed by atoms with E-state index >= 15 is 0 Å². The fourth-order valence-corrected chi connectivity index (χ4v) is 4.04. The Labute approximate surface area is 173 Å². The van der Waals surface area contributed by atoms with Crippen LogP contribution >= 0.6 is 11.6 Å². The second-order valence-electron chi connectivity index (χ2n) is 6.41. The number of hydrogen-bond donors (Lipinski definition) is 2. The van der Waals surface area contributed by atoms with E-state index in [4.69, 9.17) is 11.6 Å². The first-order valence-corrected chi connectivity index (χ1v) is 10.4. The Bertz CT molecular complexity index is 1240. The third-order valence-electron chi connectivity index (χ3n) is 4.20. The lowest BCUT2D eigenvalue weighted by Gasteiger charge is -2.13. The zero-order valence-electron chi connectivity index (χ0n) is 15.6. The Kier molecular flexibility index (Phi) is 5.76. The highest BCUT2D eigenvalue weighted by atomic mass is 35.5. The topological polar surface area (TPSA) is 97.3 Å². The molecule has 7 nitrogen and oxygen atoms in total. The number of pyridine rings is 1. The average Bonchev–Trinajstić information content (AvgIpc) is 2.67. The number of aromatic nitrogens is 1. The molecule has 0 unspecified atom stereocenters. The predicted molar refractivity (Wildman–Crippen MR) is 113 cm³/mol. The van der Waals surface area contributed by atoms with Crippen LogP contribution in [0.4, 0.5) is 11.4 Å². The number of amides is 1. The molecule has 0 atom stereocenters. The summed E-state index contributed by atoms with van der Waals surface area (Å²) in [6, 6.07) is 13.5. The fourth-order valence-electron chi connectivity index (χ4n) is 2.59. The van der Waals surface area contributed by atoms with Crippen molar-refractivity contribution >= 4 is 38.9 Å². The molecule has 29 heavy (non-hydrogen) atoms. The summed E-state index contributed by atoms with van der Waals surface area (Å²) in [5.74, 6) is -0.513. The molecule has 0 saturated heterocycles. The Morgan fingerprint density at radius 3 is 2.31 bits per heavy atom. The molecule has 3 aromatic rings. The minimum absolute atomic E-state index is 0.0224. The quantitative estimate of drug-likeness (QED) is 0.646. The lowest BCUT2D eigenvalue weighted by atomic mass is 10.2. The van der Waals surface area contributed by atoms with E-state index in [2.05, 4.69) is 10.0 Å². The second kappa shape index (κ2) is 8.10. The summed E-state index contributed by atoms with van der Waals surface area (Å²) in [6.45, 7) is 1.66. The molecule has 0 aliphatic heterocycles. The highest BCUT2D eigenvalue weighted by molar-refractivity contribution is 7.92. The molecule has 2 aromatic carbocycles. The van der Waals surface area contributed by atoms with Gasteiger partial charge in [0.05, 0.1) is 4.90 Å². The van der Waals surface area contributed by atoms with Crippen molar-refractivity contribution < 1.29 is 13.2 Å². The van der Waals surface area contributed by atoms with Crippen LogP contribution in [0.1, 0.15) is 15.9 Å². The van der Waals surface area contributed by atoms with Crippen LogP contribution in [0, 0.1) is 6.92 Å². The summed E-state index contributed by atoms with van der Waals surface area (Å²) >= 11 is 5.82. The van der Waals surface area contributed by atoms with Crippen molar-refractivity contribution in [3.8, 4) is 0 Å². The number of rotatable bonds is 5. The van der Waals surface area contributed by atoms with Crippen LogP contribution < -0.4 is 15.6 Å². The summed E-state index contributed by atoms with van der Waals surface area (Å²) in [6.07, 6.45) is 1.48. The molecular weight excluding hydrogens is 414 g/mol. The van der Waals surface area contributed by atoms with Gasteiger partial charge in [0.2, 0.25) is 0 Å². The molecule has 0 aliphatic carbocycles. The summed E-state index contributed by atoms with van der Waals surface area (Å²) in [5.41, 5.74) is 1.02. The molecule has 0 aliphatic rings. The largest absolute Gasteiger partial charge is 0.322 e. The van der Waals surface area contributed by atoms with Crippen LogP contribution in [-0.2, 0) is 17.1 Å². The first kappa shape index (κ1) is 20.6. The van der Waals surface area contributed by atoms with E-state index in [0.29, 0.717) is 16.3 Å². The Hall–Kier alpha value is -3.10. The van der Waals surface area contributed by atoms with Crippen LogP contribution in [-0.4, -0.2) is 18.9 Å². The normalized spacial score (nSPS) is 11.1. The molecule has 1 heterocycles. The van der Waals surface area contributed by atoms with Crippen LogP contribution in [0.3, 0.4) is 0 Å². The Morgan fingerprint density at radius 2 is 1.66 bits per heavy atom. The van der Waals surface area contributed by atoms with Gasteiger partial charge in [0.15, 0.2) is 0 Å². The van der Waals surface area contributed by atoms with Gasteiger partial charge in [0.25, 0.3) is 21.5 Å². The Balaban J connectivity index is 1.87. The van der Waals surface area contributed by atoms with Crippen molar-refractivity contribution in [3.05, 3.63) is 87.3 Å². The monoisotopic (exact) mass is 431 g/mol. The highest BCUT2D eigenvalue weighted by Gasteiger charge is 2.18. The maximum Gasteiger partial charge on any atom is 0.262 e. The maximum atomic E-state index is 12.8. The van der Waals surface area contributed by atoms with E-state index in [1.54, 1.807) is 50.4 Å². The van der Waals surface area contributed by atoms with Gasteiger partial charge in [0.1, 0.15) is 0 Å². The molecule has 0 bridgehead atoms. The molecule has 150 valence electrons. The van der Waals surface area contributed by atoms with Gasteiger partial charge in [-0.1, -0.05) is 17.7 Å². The molecular formula is C20H18ClN3O4S. The number of benzene rings is 2. The number of aryl methyl sites for hydroxylation is 2. The van der Waals surface area contributed by atoms with E-state index in [-0.39, 0.29) is 21.7 Å². The molecule has 0 radical (unpaired) electrons. The van der Waals surface area contributed by atoms with Crippen molar-refractivity contribution in [1.82, 2.24) is 4.57 Å². The highest BCUT2D eigenvalue weighted by Crippen LogP contribution is 2.24. The van der Waals surface area contributed by atoms with Crippen molar-refractivity contribution in [1.29, 1.82) is 0 Å². The van der Waals surface area contributed by atoms with E-state index < -0.39 is 15.9 Å². The number of nitrogens with zero attached hydrogens (tertiary/aromatic N) is 1. The summed E-state index contributed by atoms with van der Waals surface area (Å²) in [5, 5.41) is 3.11. The van der Waals surface area contributed by atoms with Crippen LogP contribution in [0.15, 0.2) is 70.5 Å². The second-order valence-corrected chi connectivity index (χ2v) is 8.50. The molecule has 0 saturated carbocycles. The number of halogens is 1. The van der Waals surface area contributed by atoms with Crippen LogP contribution in [0.5, 0.6) is 0 Å². The number of hydrogen-bond acceptors (Lipinski definition) is 4. The van der Waals surface area contributed by atoms with Crippen molar-refractivity contribution in [2.75, 3.05) is 10.0 Å². The van der Waals surface area contributed by atoms with Gasteiger partial charge in [0, 0.05) is 41.3 Å². The van der Waals surface area contributed by atoms with Crippen molar-refractivity contribution in [2.24, 2.45) is 7.05 Å². The SMILES string of the molecule is Cc1ccc(NC(=O)c2ccn(C)c(=O)c2)cc1S(=O)(=O)Nc1ccc(Cl)cc1. The summed E-state index contributed by atoms with van der Waals surface area (Å²) in [7, 11) is -2.31. The minimum atomic E-state index is -3.89. The van der Waals surface area contributed by atoms with E-state index in [0.717, 1.165) is 0 Å². The van der Waals surface area contributed by atoms with Gasteiger partial charge in [-0.2, -0.15) is 0 Å². The lowest BCUT2D eigenvalue weighted by molar-refractivity contribution is 0.102. The first-order valence-electron chi connectivity index (χ1n) is 8.53. The van der Waals surface area contributed by atoms with E-state index in [9.17, 15) is 18.0 Å². The summed E-state index contributed by atoms with van der Waals surface area (Å²) in [4.78, 5) is 24.1. The lowest BCUT2D eigenvalue weighted by Crippen LogP contribution is -2.20. The zero-order valence-corrected chi connectivity index (χ0v) is 17.2. The molecule has 3 rings (SSSR count). The first-order chi connectivity index (χ1) is 13.7. The number of nitrogens with one attached hydrogen (secondary N) is 2. The molecule has 0 fully saturated rings. The number of sulfonamides is 1. The van der Waals surface area contributed by atoms with Crippen molar-refractivity contribution in [2.45, 2.75) is 11.8 Å². The van der Waals surface area contributed by atoms with Gasteiger partial charge < -0.3 is 9.88 Å². The number of anilines is 2. The summed E-state index contributed by atoms with van der Waals surface area (Å²) < 4.78 is 29.4. The Morgan fingerprint density at radius 1 is 1.00 bits per heavy atom. The van der Waals surface area contributed by atoms with E-state index in [1.807, 2.05) is 0 Å². The molecule has 1 aromatic heterocycles. The van der Waals surface area contributed by atoms with Crippen LogP contribution in [0.2, 0.25) is 5.02 Å². The number of carbonyl (C=O) groups is 1. The zero-order chi connectivity index (χ0) is 21.2. The molecule has 2 N–H and O–H groups in total. The van der Waals surface area contributed by atoms with Gasteiger partial charge in [-0.15, -0.1) is 0 Å². The predicted octanol–water partition coefficient (Wildman–Crippen LogP) is 3.40. The number of carbonyl (C=O) groups excluding carboxylic acids is 1. The molecule has 1 amide bonds. The smallest absolute Gasteiger partial charge is 0.262 e. The van der Waals surface area contributed by atoms with Gasteiger partial charge >= 0.3 is 0 Å². The third kappa shape index (κ3) is 4.85. The van der Waals surface area contributed by atoms with Gasteiger partial charge in [-0.05, 0) is 55.0 Å². The van der Waals surface area contributed by atoms with Crippen LogP contribution in [0.25, 0.3) is 0 Å². The third-order valence-corrected chi connectivity index (χ3v) is 5.97. The van der Waals surface area contributed by atoms with Gasteiger partial charge in [-0.3, -0.25) is 14.3 Å². The fraction of sp³-hybridized carbons (Fsp3) is 0.100.